The van der Waals surface area contributed by atoms with Crippen LogP contribution in [0.25, 0.3) is 0 Å². The molecule has 0 spiro atoms. The van der Waals surface area contributed by atoms with Crippen LogP contribution < -0.4 is 10.6 Å². The number of nitrogens with one attached hydrogen (secondary N) is 2. The lowest BCUT2D eigenvalue weighted by atomic mass is 9.95. The Hall–Kier alpha value is -2.02. The van der Waals surface area contributed by atoms with E-state index >= 15 is 0 Å². The molecule has 5 nitrogen and oxygen atoms in total. The first-order valence-electron chi connectivity index (χ1n) is 8.86. The molecular weight excluding hydrogens is 342 g/mol. The maximum atomic E-state index is 13.4. The zero-order valence-electron chi connectivity index (χ0n) is 15.1. The molecule has 2 rings (SSSR count). The summed E-state index contributed by atoms with van der Waals surface area (Å²) >= 11 is 0. The molecule has 1 aliphatic heterocycles. The number of ether oxygens (including phenoxy) is 1. The van der Waals surface area contributed by atoms with Crippen LogP contribution >= 0.6 is 0 Å². The molecule has 144 valence electrons. The van der Waals surface area contributed by atoms with Crippen LogP contribution in [-0.4, -0.2) is 43.5 Å². The quantitative estimate of drug-likeness (QED) is 0.741. The second kappa shape index (κ2) is 9.62. The van der Waals surface area contributed by atoms with Crippen molar-refractivity contribution in [1.82, 2.24) is 10.6 Å². The van der Waals surface area contributed by atoms with Gasteiger partial charge in [-0.05, 0) is 11.5 Å². The lowest BCUT2D eigenvalue weighted by molar-refractivity contribution is -0.125. The fourth-order valence-electron chi connectivity index (χ4n) is 2.99. The largest absolute Gasteiger partial charge is 0.377 e. The molecule has 1 fully saturated rings. The number of rotatable bonds is 8. The molecule has 2 amide bonds. The van der Waals surface area contributed by atoms with Gasteiger partial charge in [0.2, 0.25) is 18.2 Å². The Morgan fingerprint density at radius 3 is 2.08 bits per heavy atom. The molecule has 1 unspecified atom stereocenters. The minimum absolute atomic E-state index is 0.107. The zero-order valence-corrected chi connectivity index (χ0v) is 15.1. The normalized spacial score (nSPS) is 21.0. The number of benzene rings is 1. The minimum atomic E-state index is -2.63. The molecule has 1 aromatic carbocycles. The highest BCUT2D eigenvalue weighted by Gasteiger charge is 2.32. The Morgan fingerprint density at radius 1 is 1.04 bits per heavy atom. The van der Waals surface area contributed by atoms with Crippen LogP contribution in [0.4, 0.5) is 8.78 Å². The number of halogens is 2. The van der Waals surface area contributed by atoms with Crippen LogP contribution in [0.5, 0.6) is 0 Å². The summed E-state index contributed by atoms with van der Waals surface area (Å²) in [5, 5.41) is 5.58. The summed E-state index contributed by atoms with van der Waals surface area (Å²) in [6.45, 7) is 4.44. The van der Waals surface area contributed by atoms with Crippen LogP contribution in [0.1, 0.15) is 38.2 Å². The first kappa shape index (κ1) is 20.3. The number of alkyl halides is 2. The molecule has 26 heavy (non-hydrogen) atoms. The first-order valence-corrected chi connectivity index (χ1v) is 8.86. The van der Waals surface area contributed by atoms with E-state index in [-0.39, 0.29) is 30.9 Å². The van der Waals surface area contributed by atoms with Crippen LogP contribution in [0.3, 0.4) is 0 Å². The van der Waals surface area contributed by atoms with E-state index in [0.29, 0.717) is 18.6 Å². The van der Waals surface area contributed by atoms with E-state index in [1.54, 1.807) is 30.3 Å². The fourth-order valence-corrected chi connectivity index (χ4v) is 2.99. The second-order valence-electron chi connectivity index (χ2n) is 7.04. The third kappa shape index (κ3) is 6.05. The fraction of sp³-hybridized carbons (Fsp3) is 0.579. The minimum Gasteiger partial charge on any atom is -0.377 e. The van der Waals surface area contributed by atoms with Crippen molar-refractivity contribution < 1.29 is 23.1 Å². The van der Waals surface area contributed by atoms with Gasteiger partial charge < -0.3 is 15.4 Å². The van der Waals surface area contributed by atoms with Crippen molar-refractivity contribution in [3.8, 4) is 0 Å². The van der Waals surface area contributed by atoms with Gasteiger partial charge in [-0.1, -0.05) is 44.2 Å². The van der Waals surface area contributed by atoms with E-state index in [4.69, 9.17) is 4.74 Å². The molecule has 1 aliphatic rings. The summed E-state index contributed by atoms with van der Waals surface area (Å²) in [5.41, 5.74) is 0.433. The SMILES string of the molecule is CC(C)CC(=O)N[C@@H]1COC[C@@H]1NC(=O)CC(c1ccccc1)C(F)F. The molecule has 3 atom stereocenters. The van der Waals surface area contributed by atoms with Crippen LogP contribution in [0.15, 0.2) is 30.3 Å². The predicted molar refractivity (Wildman–Crippen MR) is 93.9 cm³/mol. The van der Waals surface area contributed by atoms with Gasteiger partial charge >= 0.3 is 0 Å². The number of amides is 2. The number of hydrogen-bond acceptors (Lipinski definition) is 3. The smallest absolute Gasteiger partial charge is 0.245 e. The summed E-state index contributed by atoms with van der Waals surface area (Å²) < 4.78 is 32.1. The molecule has 7 heteroatoms. The van der Waals surface area contributed by atoms with Crippen molar-refractivity contribution in [1.29, 1.82) is 0 Å². The van der Waals surface area contributed by atoms with E-state index in [0.717, 1.165) is 0 Å². The molecule has 0 saturated carbocycles. The summed E-state index contributed by atoms with van der Waals surface area (Å²) in [6.07, 6.45) is -2.56. The average Bonchev–Trinajstić information content (AvgIpc) is 2.99. The molecule has 0 aromatic heterocycles. The van der Waals surface area contributed by atoms with Gasteiger partial charge in [0.25, 0.3) is 0 Å². The molecule has 0 radical (unpaired) electrons. The molecule has 1 aromatic rings. The first-order chi connectivity index (χ1) is 12.4. The lowest BCUT2D eigenvalue weighted by Gasteiger charge is -2.22. The molecular formula is C19H26F2N2O3. The van der Waals surface area contributed by atoms with Crippen molar-refractivity contribution >= 4 is 11.8 Å². The van der Waals surface area contributed by atoms with Crippen LogP contribution in [-0.2, 0) is 14.3 Å². The standard InChI is InChI=1S/C19H26F2N2O3/c1-12(2)8-17(24)22-15-10-26-11-16(15)23-18(25)9-14(19(20)21)13-6-4-3-5-7-13/h3-7,12,14-16,19H,8-11H2,1-2H3,(H,22,24)(H,23,25)/t14?,15-,16+/m1/s1. The van der Waals surface area contributed by atoms with Crippen molar-refractivity contribution in [2.24, 2.45) is 5.92 Å². The maximum Gasteiger partial charge on any atom is 0.245 e. The Labute approximate surface area is 152 Å². The Balaban J connectivity index is 1.92. The average molecular weight is 368 g/mol. The third-order valence-corrected chi connectivity index (χ3v) is 4.30. The topological polar surface area (TPSA) is 67.4 Å². The van der Waals surface area contributed by atoms with Crippen molar-refractivity contribution in [2.45, 2.75) is 51.1 Å². The molecule has 1 saturated heterocycles. The monoisotopic (exact) mass is 368 g/mol. The third-order valence-electron chi connectivity index (χ3n) is 4.30. The van der Waals surface area contributed by atoms with Gasteiger partial charge in [-0.25, -0.2) is 8.78 Å². The lowest BCUT2D eigenvalue weighted by Crippen LogP contribution is -2.51. The summed E-state index contributed by atoms with van der Waals surface area (Å²) in [4.78, 5) is 24.2. The molecule has 2 N–H and O–H groups in total. The molecule has 0 bridgehead atoms. The van der Waals surface area contributed by atoms with Gasteiger partial charge in [-0.15, -0.1) is 0 Å². The van der Waals surface area contributed by atoms with E-state index in [1.807, 2.05) is 13.8 Å². The summed E-state index contributed by atoms with van der Waals surface area (Å²) in [6, 6.07) is 7.53. The summed E-state index contributed by atoms with van der Waals surface area (Å²) in [5.74, 6) is -1.52. The maximum absolute atomic E-state index is 13.4. The van der Waals surface area contributed by atoms with Crippen LogP contribution in [0, 0.1) is 5.92 Å². The summed E-state index contributed by atoms with van der Waals surface area (Å²) in [7, 11) is 0. The number of hydrogen-bond donors (Lipinski definition) is 2. The van der Waals surface area contributed by atoms with E-state index < -0.39 is 24.3 Å². The van der Waals surface area contributed by atoms with Crippen molar-refractivity contribution in [3.63, 3.8) is 0 Å². The molecule has 0 aliphatic carbocycles. The highest BCUT2D eigenvalue weighted by molar-refractivity contribution is 5.78. The van der Waals surface area contributed by atoms with Crippen LogP contribution in [0.2, 0.25) is 0 Å². The van der Waals surface area contributed by atoms with Gasteiger partial charge in [0.15, 0.2) is 0 Å². The van der Waals surface area contributed by atoms with E-state index in [2.05, 4.69) is 10.6 Å². The van der Waals surface area contributed by atoms with E-state index in [1.165, 1.54) is 0 Å². The Kier molecular flexibility index (Phi) is 7.50. The zero-order chi connectivity index (χ0) is 19.1. The van der Waals surface area contributed by atoms with Gasteiger partial charge in [0.05, 0.1) is 31.2 Å². The van der Waals surface area contributed by atoms with Gasteiger partial charge in [0, 0.05) is 12.8 Å². The second-order valence-corrected chi connectivity index (χ2v) is 7.04. The van der Waals surface area contributed by atoms with Crippen molar-refractivity contribution in [2.75, 3.05) is 13.2 Å². The Bertz CT molecular complexity index is 596. The van der Waals surface area contributed by atoms with Gasteiger partial charge in [-0.3, -0.25) is 9.59 Å². The highest BCUT2D eigenvalue weighted by Crippen LogP contribution is 2.26. The number of carbonyl (C=O) groups is 2. The predicted octanol–water partition coefficient (Wildman–Crippen LogP) is 2.47. The number of carbonyl (C=O) groups excluding carboxylic acids is 2. The Morgan fingerprint density at radius 2 is 1.58 bits per heavy atom. The highest BCUT2D eigenvalue weighted by atomic mass is 19.3. The molecule has 1 heterocycles. The van der Waals surface area contributed by atoms with E-state index in [9.17, 15) is 18.4 Å². The van der Waals surface area contributed by atoms with Gasteiger partial charge in [0.1, 0.15) is 0 Å². The van der Waals surface area contributed by atoms with Crippen molar-refractivity contribution in [3.05, 3.63) is 35.9 Å². The van der Waals surface area contributed by atoms with Gasteiger partial charge in [-0.2, -0.15) is 0 Å².